The molecular formula is C14H21NOS. The Kier molecular flexibility index (Phi) is 9.25. The van der Waals surface area contributed by atoms with E-state index in [0.29, 0.717) is 6.42 Å². The van der Waals surface area contributed by atoms with Crippen LogP contribution < -0.4 is 0 Å². The van der Waals surface area contributed by atoms with Crippen molar-refractivity contribution in [3.63, 3.8) is 0 Å². The van der Waals surface area contributed by atoms with Crippen molar-refractivity contribution in [3.8, 4) is 0 Å². The minimum absolute atomic E-state index is 0.551. The molecule has 0 bridgehead atoms. The van der Waals surface area contributed by atoms with Gasteiger partial charge >= 0.3 is 0 Å². The van der Waals surface area contributed by atoms with E-state index >= 15 is 0 Å². The average Bonchev–Trinajstić information content (AvgIpc) is 2.70. The van der Waals surface area contributed by atoms with Gasteiger partial charge in [-0.15, -0.1) is 0 Å². The van der Waals surface area contributed by atoms with E-state index in [1.54, 1.807) is 11.8 Å². The number of carbonyl (C=O) groups excluding carboxylic acids is 1. The van der Waals surface area contributed by atoms with Crippen molar-refractivity contribution < 1.29 is 4.79 Å². The van der Waals surface area contributed by atoms with Crippen LogP contribution in [0, 0.1) is 0 Å². The zero-order chi connectivity index (χ0) is 13.1. The van der Waals surface area contributed by atoms with Crippen molar-refractivity contribution in [1.29, 1.82) is 0 Å². The number of hydrogen-bond acceptors (Lipinski definition) is 2. The summed E-state index contributed by atoms with van der Waals surface area (Å²) in [6.07, 6.45) is 13.4. The van der Waals surface area contributed by atoms with Crippen LogP contribution in [0.4, 0.5) is 0 Å². The van der Waals surface area contributed by atoms with Crippen molar-refractivity contribution in [3.05, 3.63) is 36.2 Å². The highest BCUT2D eigenvalue weighted by molar-refractivity contribution is 7.97. The summed E-state index contributed by atoms with van der Waals surface area (Å²) >= 11 is 1.75. The van der Waals surface area contributed by atoms with E-state index in [0.717, 1.165) is 24.1 Å². The predicted octanol–water partition coefficient (Wildman–Crippen LogP) is 3.73. The Morgan fingerprint density at radius 3 is 2.59 bits per heavy atom. The standard InChI is InChI=1S/C12H15NO.C2H6S/c1-3-6-12-11(4-2)7-9-13(12)8-5-10-14;1-3-2/h3-4,6-7,9-10H,2,5,8H2,1H3;1-2H3/b6-3-;. The normalized spacial score (nSPS) is 9.82. The Hall–Kier alpha value is -1.22. The average molecular weight is 251 g/mol. The molecule has 0 N–H and O–H groups in total. The maximum atomic E-state index is 10.3. The molecule has 3 heteroatoms. The van der Waals surface area contributed by atoms with Crippen LogP contribution >= 0.6 is 11.8 Å². The molecule has 94 valence electrons. The molecule has 0 amide bonds. The van der Waals surface area contributed by atoms with E-state index < -0.39 is 0 Å². The third-order valence-corrected chi connectivity index (χ3v) is 2.07. The summed E-state index contributed by atoms with van der Waals surface area (Å²) in [5.74, 6) is 0. The van der Waals surface area contributed by atoms with Crippen LogP contribution in [0.1, 0.15) is 24.6 Å². The van der Waals surface area contributed by atoms with Crippen molar-refractivity contribution in [2.24, 2.45) is 0 Å². The molecule has 0 spiro atoms. The van der Waals surface area contributed by atoms with Crippen LogP contribution in [0.5, 0.6) is 0 Å². The Bertz CT molecular complexity index is 366. The number of hydrogen-bond donors (Lipinski definition) is 0. The van der Waals surface area contributed by atoms with Gasteiger partial charge in [-0.3, -0.25) is 0 Å². The molecule has 1 aromatic heterocycles. The largest absolute Gasteiger partial charge is 0.347 e. The highest BCUT2D eigenvalue weighted by Gasteiger charge is 2.02. The van der Waals surface area contributed by atoms with Gasteiger partial charge in [-0.25, -0.2) is 0 Å². The van der Waals surface area contributed by atoms with Crippen molar-refractivity contribution >= 4 is 30.2 Å². The lowest BCUT2D eigenvalue weighted by Gasteiger charge is -2.04. The maximum Gasteiger partial charge on any atom is 0.121 e. The van der Waals surface area contributed by atoms with E-state index in [2.05, 4.69) is 11.1 Å². The van der Waals surface area contributed by atoms with Crippen LogP contribution in [0.15, 0.2) is 24.9 Å². The molecule has 2 nitrogen and oxygen atoms in total. The van der Waals surface area contributed by atoms with Gasteiger partial charge in [-0.1, -0.05) is 18.7 Å². The van der Waals surface area contributed by atoms with Crippen LogP contribution in [0.2, 0.25) is 0 Å². The van der Waals surface area contributed by atoms with Crippen molar-refractivity contribution in [2.45, 2.75) is 19.9 Å². The lowest BCUT2D eigenvalue weighted by molar-refractivity contribution is -0.108. The number of thioether (sulfide) groups is 1. The molecule has 0 unspecified atom stereocenters. The molecular weight excluding hydrogens is 230 g/mol. The number of rotatable bonds is 5. The lowest BCUT2D eigenvalue weighted by atomic mass is 10.2. The SMILES string of the molecule is C=Cc1ccn(CCC=O)c1/C=C\C.CSC. The Morgan fingerprint density at radius 2 is 2.12 bits per heavy atom. The van der Waals surface area contributed by atoms with Gasteiger partial charge in [0.1, 0.15) is 6.29 Å². The number of aryl methyl sites for hydroxylation is 1. The smallest absolute Gasteiger partial charge is 0.121 e. The molecule has 0 atom stereocenters. The van der Waals surface area contributed by atoms with E-state index in [4.69, 9.17) is 0 Å². The number of aldehydes is 1. The molecule has 17 heavy (non-hydrogen) atoms. The fourth-order valence-electron chi connectivity index (χ4n) is 1.41. The first-order valence-electron chi connectivity index (χ1n) is 5.53. The minimum atomic E-state index is 0.551. The summed E-state index contributed by atoms with van der Waals surface area (Å²) in [4.78, 5) is 10.3. The summed E-state index contributed by atoms with van der Waals surface area (Å²) in [6, 6.07) is 2.01. The van der Waals surface area contributed by atoms with Gasteiger partial charge in [0.25, 0.3) is 0 Å². The monoisotopic (exact) mass is 251 g/mol. The molecule has 0 aliphatic carbocycles. The summed E-state index contributed by atoms with van der Waals surface area (Å²) in [5.41, 5.74) is 2.22. The fraction of sp³-hybridized carbons (Fsp3) is 0.357. The highest BCUT2D eigenvalue weighted by Crippen LogP contribution is 2.14. The molecule has 0 saturated carbocycles. The Balaban J connectivity index is 0.000000770. The molecule has 1 aromatic rings. The third-order valence-electron chi connectivity index (χ3n) is 2.07. The topological polar surface area (TPSA) is 22.0 Å². The van der Waals surface area contributed by atoms with Gasteiger partial charge in [-0.2, -0.15) is 11.8 Å². The number of nitrogens with zero attached hydrogens (tertiary/aromatic N) is 1. The quantitative estimate of drug-likeness (QED) is 0.744. The molecule has 0 fully saturated rings. The van der Waals surface area contributed by atoms with E-state index in [9.17, 15) is 4.79 Å². The molecule has 0 saturated heterocycles. The van der Waals surface area contributed by atoms with Gasteiger partial charge in [0, 0.05) is 24.9 Å². The van der Waals surface area contributed by atoms with Crippen molar-refractivity contribution in [1.82, 2.24) is 4.57 Å². The summed E-state index contributed by atoms with van der Waals surface area (Å²) in [7, 11) is 0. The summed E-state index contributed by atoms with van der Waals surface area (Å²) in [6.45, 7) is 6.46. The lowest BCUT2D eigenvalue weighted by Crippen LogP contribution is -1.99. The summed E-state index contributed by atoms with van der Waals surface area (Å²) in [5, 5.41) is 0. The van der Waals surface area contributed by atoms with Gasteiger partial charge in [-0.05, 0) is 37.1 Å². The number of allylic oxidation sites excluding steroid dienone is 1. The molecule has 0 aliphatic rings. The minimum Gasteiger partial charge on any atom is -0.347 e. The van der Waals surface area contributed by atoms with Gasteiger partial charge in [0.15, 0.2) is 0 Å². The zero-order valence-electron chi connectivity index (χ0n) is 10.8. The number of aromatic nitrogens is 1. The van der Waals surface area contributed by atoms with E-state index in [1.165, 1.54) is 0 Å². The maximum absolute atomic E-state index is 10.3. The second-order valence-corrected chi connectivity index (χ2v) is 4.23. The van der Waals surface area contributed by atoms with Gasteiger partial charge in [0.05, 0.1) is 0 Å². The van der Waals surface area contributed by atoms with Crippen LogP contribution in [0.3, 0.4) is 0 Å². The fourth-order valence-corrected chi connectivity index (χ4v) is 1.41. The van der Waals surface area contributed by atoms with E-state index in [1.807, 2.05) is 49.9 Å². The van der Waals surface area contributed by atoms with Crippen molar-refractivity contribution in [2.75, 3.05) is 12.5 Å². The number of carbonyl (C=O) groups is 1. The molecule has 0 aliphatic heterocycles. The first-order chi connectivity index (χ1) is 8.24. The molecule has 1 heterocycles. The molecule has 0 aromatic carbocycles. The predicted molar refractivity (Wildman–Crippen MR) is 79.4 cm³/mol. The van der Waals surface area contributed by atoms with Crippen LogP contribution in [0.25, 0.3) is 12.2 Å². The Labute approximate surface area is 108 Å². The summed E-state index contributed by atoms with van der Waals surface area (Å²) < 4.78 is 2.06. The van der Waals surface area contributed by atoms with Gasteiger partial charge in [0.2, 0.25) is 0 Å². The zero-order valence-corrected chi connectivity index (χ0v) is 11.7. The second-order valence-electron chi connectivity index (χ2n) is 3.42. The molecule has 1 rings (SSSR count). The van der Waals surface area contributed by atoms with Gasteiger partial charge < -0.3 is 9.36 Å². The highest BCUT2D eigenvalue weighted by atomic mass is 32.2. The first-order valence-corrected chi connectivity index (χ1v) is 7.16. The third kappa shape index (κ3) is 5.59. The van der Waals surface area contributed by atoms with Crippen LogP contribution in [-0.4, -0.2) is 23.4 Å². The first kappa shape index (κ1) is 15.8. The molecule has 0 radical (unpaired) electrons. The van der Waals surface area contributed by atoms with E-state index in [-0.39, 0.29) is 0 Å². The Morgan fingerprint density at radius 1 is 1.47 bits per heavy atom. The van der Waals surface area contributed by atoms with Crippen LogP contribution in [-0.2, 0) is 11.3 Å². The second kappa shape index (κ2) is 9.97.